The first kappa shape index (κ1) is 20.1. The summed E-state index contributed by atoms with van der Waals surface area (Å²) in [6, 6.07) is 11.2. The van der Waals surface area contributed by atoms with E-state index in [0.717, 1.165) is 35.4 Å². The lowest BCUT2D eigenvalue weighted by atomic mass is 10.1. The number of amides is 3. The van der Waals surface area contributed by atoms with Crippen LogP contribution < -0.4 is 11.1 Å². The molecule has 0 radical (unpaired) electrons. The smallest absolute Gasteiger partial charge is 0.258 e. The third-order valence-electron chi connectivity index (χ3n) is 5.01. The molecule has 7 heteroatoms. The van der Waals surface area contributed by atoms with Gasteiger partial charge in [-0.3, -0.25) is 14.4 Å². The number of nitrogens with two attached hydrogens (primary N) is 1. The van der Waals surface area contributed by atoms with Gasteiger partial charge in [0.05, 0.1) is 10.9 Å². The van der Waals surface area contributed by atoms with Gasteiger partial charge in [0.2, 0.25) is 11.8 Å². The topological polar surface area (TPSA) is 92.5 Å². The number of nitrogens with zero attached hydrogens (tertiary/aromatic N) is 1. The number of para-hydroxylation sites is 1. The predicted molar refractivity (Wildman–Crippen MR) is 110 cm³/mol. The van der Waals surface area contributed by atoms with E-state index in [-0.39, 0.29) is 30.7 Å². The van der Waals surface area contributed by atoms with Gasteiger partial charge in [-0.2, -0.15) is 0 Å². The van der Waals surface area contributed by atoms with Crippen LogP contribution in [0.1, 0.15) is 58.8 Å². The quantitative estimate of drug-likeness (QED) is 0.746. The summed E-state index contributed by atoms with van der Waals surface area (Å²) in [6.45, 7) is 2.71. The van der Waals surface area contributed by atoms with Gasteiger partial charge in [-0.15, -0.1) is 11.3 Å². The fraction of sp³-hybridized carbons (Fsp3) is 0.381. The fourth-order valence-corrected chi connectivity index (χ4v) is 4.56. The number of benzene rings is 1. The van der Waals surface area contributed by atoms with Gasteiger partial charge >= 0.3 is 0 Å². The molecule has 1 atom stereocenters. The van der Waals surface area contributed by atoms with Crippen LogP contribution in [0.15, 0.2) is 36.4 Å². The Hall–Kier alpha value is -2.67. The Kier molecular flexibility index (Phi) is 6.46. The van der Waals surface area contributed by atoms with E-state index in [1.165, 1.54) is 11.3 Å². The van der Waals surface area contributed by atoms with Crippen molar-refractivity contribution in [3.63, 3.8) is 0 Å². The van der Waals surface area contributed by atoms with Crippen LogP contribution in [0.4, 0.5) is 5.69 Å². The second kappa shape index (κ2) is 9.01. The summed E-state index contributed by atoms with van der Waals surface area (Å²) in [5, 5.41) is 2.91. The van der Waals surface area contributed by atoms with E-state index >= 15 is 0 Å². The molecule has 0 saturated carbocycles. The highest BCUT2D eigenvalue weighted by molar-refractivity contribution is 7.14. The second-order valence-electron chi connectivity index (χ2n) is 6.87. The predicted octanol–water partition coefficient (Wildman–Crippen LogP) is 3.49. The minimum absolute atomic E-state index is 0.0320. The van der Waals surface area contributed by atoms with Gasteiger partial charge in [0.1, 0.15) is 0 Å². The molecule has 148 valence electrons. The van der Waals surface area contributed by atoms with Crippen molar-refractivity contribution < 1.29 is 14.4 Å². The monoisotopic (exact) mass is 399 g/mol. The van der Waals surface area contributed by atoms with E-state index in [0.29, 0.717) is 11.4 Å². The zero-order chi connectivity index (χ0) is 20.1. The molecular weight excluding hydrogens is 374 g/mol. The van der Waals surface area contributed by atoms with E-state index in [1.807, 2.05) is 42.2 Å². The third kappa shape index (κ3) is 4.59. The molecule has 1 aliphatic heterocycles. The Morgan fingerprint density at radius 2 is 1.96 bits per heavy atom. The molecule has 3 rings (SSSR count). The molecule has 3 N–H and O–H groups in total. The van der Waals surface area contributed by atoms with E-state index < -0.39 is 5.91 Å². The molecule has 3 amide bonds. The van der Waals surface area contributed by atoms with E-state index in [9.17, 15) is 14.4 Å². The average Bonchev–Trinajstić information content (AvgIpc) is 3.35. The number of thiophene rings is 1. The van der Waals surface area contributed by atoms with Gasteiger partial charge in [0.15, 0.2) is 0 Å². The highest BCUT2D eigenvalue weighted by atomic mass is 32.1. The Bertz CT molecular complexity index is 877. The molecule has 0 bridgehead atoms. The Morgan fingerprint density at radius 1 is 1.18 bits per heavy atom. The molecule has 1 aliphatic rings. The molecule has 0 aliphatic carbocycles. The molecule has 1 aromatic carbocycles. The largest absolute Gasteiger partial charge is 0.365 e. The minimum atomic E-state index is -0.448. The van der Waals surface area contributed by atoms with Gasteiger partial charge in [-0.25, -0.2) is 0 Å². The zero-order valence-corrected chi connectivity index (χ0v) is 16.8. The SMILES string of the molecule is CCc1ccccc1NC(=O)CCC(=O)N1CCCC1c1ccc(C(N)=O)s1. The Morgan fingerprint density at radius 3 is 2.68 bits per heavy atom. The van der Waals surface area contributed by atoms with Crippen molar-refractivity contribution in [2.24, 2.45) is 5.73 Å². The fourth-order valence-electron chi connectivity index (χ4n) is 3.55. The minimum Gasteiger partial charge on any atom is -0.365 e. The zero-order valence-electron chi connectivity index (χ0n) is 15.9. The number of rotatable bonds is 7. The molecular formula is C21H25N3O3S. The van der Waals surface area contributed by atoms with Crippen LogP contribution in [0.2, 0.25) is 0 Å². The van der Waals surface area contributed by atoms with Crippen LogP contribution in [0.5, 0.6) is 0 Å². The van der Waals surface area contributed by atoms with E-state index in [1.54, 1.807) is 6.07 Å². The van der Waals surface area contributed by atoms with Crippen molar-refractivity contribution >= 4 is 34.7 Å². The lowest BCUT2D eigenvalue weighted by molar-refractivity contribution is -0.133. The summed E-state index contributed by atoms with van der Waals surface area (Å²) in [5.41, 5.74) is 7.21. The number of primary amides is 1. The van der Waals surface area contributed by atoms with Crippen molar-refractivity contribution in [3.8, 4) is 0 Å². The lowest BCUT2D eigenvalue weighted by Gasteiger charge is -2.24. The second-order valence-corrected chi connectivity index (χ2v) is 7.99. The van der Waals surface area contributed by atoms with E-state index in [4.69, 9.17) is 5.73 Å². The first-order valence-corrected chi connectivity index (χ1v) is 10.4. The van der Waals surface area contributed by atoms with E-state index in [2.05, 4.69) is 5.32 Å². The maximum absolute atomic E-state index is 12.7. The Balaban J connectivity index is 1.57. The molecule has 0 spiro atoms. The number of likely N-dealkylation sites (tertiary alicyclic amines) is 1. The molecule has 1 saturated heterocycles. The Labute approximate surface area is 168 Å². The molecule has 1 aromatic heterocycles. The van der Waals surface area contributed by atoms with Crippen LogP contribution in [-0.4, -0.2) is 29.2 Å². The van der Waals surface area contributed by atoms with Gasteiger partial charge in [0.25, 0.3) is 5.91 Å². The number of hydrogen-bond donors (Lipinski definition) is 2. The van der Waals surface area contributed by atoms with Gasteiger partial charge in [-0.1, -0.05) is 25.1 Å². The van der Waals surface area contributed by atoms with Crippen LogP contribution in [0, 0.1) is 0 Å². The highest BCUT2D eigenvalue weighted by Gasteiger charge is 2.31. The van der Waals surface area contributed by atoms with Gasteiger partial charge in [-0.05, 0) is 43.0 Å². The van der Waals surface area contributed by atoms with Crippen molar-refractivity contribution in [2.45, 2.75) is 45.1 Å². The lowest BCUT2D eigenvalue weighted by Crippen LogP contribution is -2.30. The van der Waals surface area contributed by atoms with Crippen LogP contribution in [0.25, 0.3) is 0 Å². The maximum atomic E-state index is 12.7. The summed E-state index contributed by atoms with van der Waals surface area (Å²) in [4.78, 5) is 39.6. The molecule has 2 aromatic rings. The van der Waals surface area contributed by atoms with Gasteiger partial charge < -0.3 is 16.0 Å². The van der Waals surface area contributed by atoms with Crippen molar-refractivity contribution in [1.29, 1.82) is 0 Å². The van der Waals surface area contributed by atoms with Crippen molar-refractivity contribution in [3.05, 3.63) is 51.7 Å². The molecule has 28 heavy (non-hydrogen) atoms. The first-order valence-electron chi connectivity index (χ1n) is 9.56. The first-order chi connectivity index (χ1) is 13.5. The van der Waals surface area contributed by atoms with Crippen molar-refractivity contribution in [1.82, 2.24) is 4.90 Å². The molecule has 1 fully saturated rings. The standard InChI is InChI=1S/C21H25N3O3S/c1-2-14-6-3-4-7-15(14)23-19(25)11-12-20(26)24-13-5-8-16(24)17-9-10-18(28-17)21(22)27/h3-4,6-7,9-10,16H,2,5,8,11-13H2,1H3,(H2,22,27)(H,23,25). The number of nitrogens with one attached hydrogen (secondary N) is 1. The normalized spacial score (nSPS) is 16.2. The summed E-state index contributed by atoms with van der Waals surface area (Å²) < 4.78 is 0. The van der Waals surface area contributed by atoms with Gasteiger partial charge in [0, 0.05) is 30.0 Å². The van der Waals surface area contributed by atoms with Crippen LogP contribution >= 0.6 is 11.3 Å². The average molecular weight is 400 g/mol. The number of carbonyl (C=O) groups is 3. The number of carbonyl (C=O) groups excluding carboxylic acids is 3. The molecule has 6 nitrogen and oxygen atoms in total. The van der Waals surface area contributed by atoms with Crippen molar-refractivity contribution in [2.75, 3.05) is 11.9 Å². The summed E-state index contributed by atoms with van der Waals surface area (Å²) >= 11 is 1.34. The number of anilines is 1. The third-order valence-corrected chi connectivity index (χ3v) is 6.21. The summed E-state index contributed by atoms with van der Waals surface area (Å²) in [6.07, 6.45) is 2.93. The maximum Gasteiger partial charge on any atom is 0.258 e. The number of aryl methyl sites for hydroxylation is 1. The van der Waals surface area contributed by atoms with Crippen LogP contribution in [-0.2, 0) is 16.0 Å². The highest BCUT2D eigenvalue weighted by Crippen LogP contribution is 2.36. The summed E-state index contributed by atoms with van der Waals surface area (Å²) in [5.74, 6) is -0.635. The van der Waals surface area contributed by atoms with Crippen LogP contribution in [0.3, 0.4) is 0 Å². The molecule has 1 unspecified atom stereocenters. The summed E-state index contributed by atoms with van der Waals surface area (Å²) in [7, 11) is 0. The number of hydrogen-bond acceptors (Lipinski definition) is 4. The molecule has 2 heterocycles.